The molecular formula is C61H37FN2O. The molecule has 0 fully saturated rings. The number of fused-ring (bicyclic) bond motifs is 17. The molecule has 0 bridgehead atoms. The summed E-state index contributed by atoms with van der Waals surface area (Å²) < 4.78 is 26.4. The first-order chi connectivity index (χ1) is 32.2. The van der Waals surface area contributed by atoms with Crippen LogP contribution in [-0.2, 0) is 5.41 Å². The second-order valence-corrected chi connectivity index (χ2v) is 17.3. The Morgan fingerprint density at radius 2 is 1.00 bits per heavy atom. The molecule has 304 valence electrons. The number of rotatable bonds is 5. The first-order valence-corrected chi connectivity index (χ1v) is 22.2. The van der Waals surface area contributed by atoms with Gasteiger partial charge in [-0.2, -0.15) is 0 Å². The van der Waals surface area contributed by atoms with Gasteiger partial charge >= 0.3 is 0 Å². The van der Waals surface area contributed by atoms with Gasteiger partial charge in [0.15, 0.2) is 5.58 Å². The molecule has 0 saturated carbocycles. The Morgan fingerprint density at radius 1 is 0.431 bits per heavy atom. The number of hydrogen-bond donors (Lipinski definition) is 0. The van der Waals surface area contributed by atoms with Crippen molar-refractivity contribution in [2.24, 2.45) is 0 Å². The molecule has 0 unspecified atom stereocenters. The molecule has 0 N–H and O–H groups in total. The Kier molecular flexibility index (Phi) is 7.50. The largest absolute Gasteiger partial charge is 0.454 e. The lowest BCUT2D eigenvalue weighted by molar-refractivity contribution is 0.631. The molecule has 2 aliphatic carbocycles. The SMILES string of the molecule is Fc1cc(N(c2ccc3c(c2)c2ccccc2n3-c2ccccc2)c2cc3c(c4c2oc2ccccc24)-c2ccccc2C32c3ccccc3-c3ccccc32)ccc1-c1ccccc1. The summed E-state index contributed by atoms with van der Waals surface area (Å²) in [5.41, 5.74) is 17.8. The number of aromatic nitrogens is 1. The monoisotopic (exact) mass is 832 g/mol. The van der Waals surface area contributed by atoms with E-state index in [1.54, 1.807) is 6.07 Å². The maximum absolute atomic E-state index is 17.0. The molecule has 2 aromatic heterocycles. The van der Waals surface area contributed by atoms with Crippen LogP contribution in [0.2, 0.25) is 0 Å². The highest BCUT2D eigenvalue weighted by Crippen LogP contribution is 2.65. The summed E-state index contributed by atoms with van der Waals surface area (Å²) in [5, 5.41) is 4.32. The minimum Gasteiger partial charge on any atom is -0.454 e. The third-order valence-electron chi connectivity index (χ3n) is 14.1. The average molecular weight is 833 g/mol. The fraction of sp³-hybridized carbons (Fsp3) is 0.0164. The van der Waals surface area contributed by atoms with E-state index in [9.17, 15) is 0 Å². The van der Waals surface area contributed by atoms with Crippen LogP contribution in [0.25, 0.3) is 82.8 Å². The first kappa shape index (κ1) is 36.1. The molecule has 0 amide bonds. The van der Waals surface area contributed by atoms with E-state index in [0.717, 1.165) is 66.4 Å². The van der Waals surface area contributed by atoms with Crippen molar-refractivity contribution in [3.8, 4) is 39.1 Å². The van der Waals surface area contributed by atoms with Crippen molar-refractivity contribution in [2.45, 2.75) is 5.41 Å². The lowest BCUT2D eigenvalue weighted by Gasteiger charge is -2.32. The highest BCUT2D eigenvalue weighted by atomic mass is 19.1. The Bertz CT molecular complexity index is 3870. The predicted octanol–water partition coefficient (Wildman–Crippen LogP) is 16.3. The molecule has 12 aromatic rings. The molecule has 14 rings (SSSR count). The van der Waals surface area contributed by atoms with Gasteiger partial charge in [0.05, 0.1) is 22.1 Å². The number of hydrogen-bond acceptors (Lipinski definition) is 2. The molecule has 0 atom stereocenters. The summed E-state index contributed by atoms with van der Waals surface area (Å²) in [6, 6.07) is 78.6. The van der Waals surface area contributed by atoms with Crippen LogP contribution in [0.5, 0.6) is 0 Å². The normalized spacial score (nSPS) is 13.1. The van der Waals surface area contributed by atoms with Gasteiger partial charge in [0.1, 0.15) is 11.4 Å². The second kappa shape index (κ2) is 13.5. The maximum Gasteiger partial charge on any atom is 0.160 e. The van der Waals surface area contributed by atoms with E-state index in [1.165, 1.54) is 44.5 Å². The fourth-order valence-corrected chi connectivity index (χ4v) is 11.5. The Balaban J connectivity index is 1.12. The first-order valence-electron chi connectivity index (χ1n) is 22.2. The van der Waals surface area contributed by atoms with E-state index in [1.807, 2.05) is 42.5 Å². The molecule has 2 heterocycles. The van der Waals surface area contributed by atoms with E-state index in [-0.39, 0.29) is 5.82 Å². The standard InChI is InChI=1S/C61H37FN2O/c62-53-36-41(31-33-42(53)38-17-3-1-4-18-38)63(40-32-34-55-48(35-40)45-23-10-15-29-54(45)64(55)39-19-5-2-6-20-39)56-37-52-58(59-47-25-11-16-30-57(47)65-60(56)59)46-24-9-14-28-51(46)61(52)49-26-12-7-21-43(49)44-22-8-13-27-50(44)61/h1-37H. The maximum atomic E-state index is 17.0. The van der Waals surface area contributed by atoms with Gasteiger partial charge in [-0.05, 0) is 117 Å². The van der Waals surface area contributed by atoms with Crippen LogP contribution in [0.4, 0.5) is 21.5 Å². The van der Waals surface area contributed by atoms with Gasteiger partial charge in [-0.25, -0.2) is 4.39 Å². The molecule has 2 aliphatic rings. The fourth-order valence-electron chi connectivity index (χ4n) is 11.5. The van der Waals surface area contributed by atoms with Crippen molar-refractivity contribution >= 4 is 60.8 Å². The average Bonchev–Trinajstić information content (AvgIpc) is 4.09. The number of para-hydroxylation sites is 3. The molecule has 1 spiro atoms. The topological polar surface area (TPSA) is 21.3 Å². The Morgan fingerprint density at radius 3 is 1.74 bits per heavy atom. The van der Waals surface area contributed by atoms with Crippen molar-refractivity contribution < 1.29 is 8.81 Å². The van der Waals surface area contributed by atoms with Gasteiger partial charge in [-0.15, -0.1) is 0 Å². The lowest BCUT2D eigenvalue weighted by atomic mass is 9.70. The van der Waals surface area contributed by atoms with Crippen molar-refractivity contribution in [3.63, 3.8) is 0 Å². The van der Waals surface area contributed by atoms with Gasteiger partial charge in [-0.3, -0.25) is 0 Å². The molecule has 3 nitrogen and oxygen atoms in total. The van der Waals surface area contributed by atoms with E-state index in [4.69, 9.17) is 4.42 Å². The van der Waals surface area contributed by atoms with Crippen molar-refractivity contribution in [3.05, 3.63) is 253 Å². The highest BCUT2D eigenvalue weighted by molar-refractivity contribution is 6.20. The summed E-state index contributed by atoms with van der Waals surface area (Å²) >= 11 is 0. The zero-order valence-electron chi connectivity index (χ0n) is 35.0. The number of furan rings is 1. The zero-order valence-corrected chi connectivity index (χ0v) is 35.0. The van der Waals surface area contributed by atoms with Crippen molar-refractivity contribution in [1.82, 2.24) is 4.57 Å². The summed E-state index contributed by atoms with van der Waals surface area (Å²) in [7, 11) is 0. The molecule has 0 saturated heterocycles. The molecule has 10 aromatic carbocycles. The Hall–Kier alpha value is -8.47. The molecule has 65 heavy (non-hydrogen) atoms. The van der Waals surface area contributed by atoms with Crippen LogP contribution in [-0.4, -0.2) is 4.57 Å². The van der Waals surface area contributed by atoms with Crippen LogP contribution >= 0.6 is 0 Å². The summed E-state index contributed by atoms with van der Waals surface area (Å²) in [5.74, 6) is -0.301. The van der Waals surface area contributed by atoms with Gasteiger partial charge in [-0.1, -0.05) is 158 Å². The smallest absolute Gasteiger partial charge is 0.160 e. The number of nitrogens with zero attached hydrogens (tertiary/aromatic N) is 2. The van der Waals surface area contributed by atoms with Gasteiger partial charge in [0.2, 0.25) is 0 Å². The van der Waals surface area contributed by atoms with E-state index in [2.05, 4.69) is 185 Å². The van der Waals surface area contributed by atoms with E-state index < -0.39 is 5.41 Å². The highest BCUT2D eigenvalue weighted by Gasteiger charge is 2.52. The van der Waals surface area contributed by atoms with Gasteiger partial charge in [0, 0.05) is 44.2 Å². The van der Waals surface area contributed by atoms with Gasteiger partial charge in [0.25, 0.3) is 0 Å². The minimum absolute atomic E-state index is 0.301. The summed E-state index contributed by atoms with van der Waals surface area (Å²) in [6.45, 7) is 0. The van der Waals surface area contributed by atoms with Crippen LogP contribution in [0.1, 0.15) is 22.3 Å². The van der Waals surface area contributed by atoms with Gasteiger partial charge < -0.3 is 13.9 Å². The van der Waals surface area contributed by atoms with Crippen molar-refractivity contribution in [1.29, 1.82) is 0 Å². The zero-order chi connectivity index (χ0) is 42.8. The molecular weight excluding hydrogens is 796 g/mol. The quantitative estimate of drug-likeness (QED) is 0.172. The third-order valence-corrected chi connectivity index (χ3v) is 14.1. The minimum atomic E-state index is -0.623. The van der Waals surface area contributed by atoms with E-state index in [0.29, 0.717) is 11.3 Å². The van der Waals surface area contributed by atoms with Crippen LogP contribution in [0.15, 0.2) is 229 Å². The molecule has 0 radical (unpaired) electrons. The third kappa shape index (κ3) is 4.88. The Labute approximate surface area is 374 Å². The van der Waals surface area contributed by atoms with E-state index >= 15 is 4.39 Å². The predicted molar refractivity (Wildman–Crippen MR) is 264 cm³/mol. The van der Waals surface area contributed by atoms with Crippen LogP contribution in [0, 0.1) is 5.82 Å². The second-order valence-electron chi connectivity index (χ2n) is 17.3. The molecule has 4 heteroatoms. The van der Waals surface area contributed by atoms with Crippen LogP contribution in [0.3, 0.4) is 0 Å². The number of benzene rings is 10. The molecule has 0 aliphatic heterocycles. The number of halogens is 1. The lowest BCUT2D eigenvalue weighted by Crippen LogP contribution is -2.26. The van der Waals surface area contributed by atoms with Crippen LogP contribution < -0.4 is 4.90 Å². The van der Waals surface area contributed by atoms with Crippen molar-refractivity contribution in [2.75, 3.05) is 4.90 Å². The number of anilines is 3. The summed E-state index contributed by atoms with van der Waals surface area (Å²) in [6.07, 6.45) is 0. The summed E-state index contributed by atoms with van der Waals surface area (Å²) in [4.78, 5) is 2.22.